The Morgan fingerprint density at radius 1 is 0.403 bits per heavy atom. The number of aliphatic hydroxyl groups excluding tert-OH is 1. The zero-order valence-electron chi connectivity index (χ0n) is 45.4. The fourth-order valence-corrected chi connectivity index (χ4v) is 7.96. The van der Waals surface area contributed by atoms with Gasteiger partial charge in [-0.3, -0.25) is 23.4 Å². The Morgan fingerprint density at radius 3 is 1.21 bits per heavy atom. The van der Waals surface area contributed by atoms with Gasteiger partial charge in [-0.05, 0) is 116 Å². The molecule has 0 rings (SSSR count). The van der Waals surface area contributed by atoms with Crippen LogP contribution in [-0.4, -0.2) is 66.5 Å². The highest BCUT2D eigenvalue weighted by Gasteiger charge is 2.28. The molecule has 0 saturated heterocycles. The smallest absolute Gasteiger partial charge is 0.462 e. The molecule has 72 heavy (non-hydrogen) atoms. The molecule has 0 saturated carbocycles. The number of aliphatic hydroxyl groups is 1. The largest absolute Gasteiger partial charge is 0.472 e. The summed E-state index contributed by atoms with van der Waals surface area (Å²) >= 11 is 0. The molecule has 0 heterocycles. The molecule has 0 amide bonds. The third-order valence-corrected chi connectivity index (χ3v) is 12.4. The molecule has 0 aromatic rings. The van der Waals surface area contributed by atoms with Gasteiger partial charge in [0.15, 0.2) is 6.10 Å². The number of hydrogen-bond donors (Lipinski definition) is 2. The number of esters is 3. The van der Waals surface area contributed by atoms with Gasteiger partial charge in [-0.2, -0.15) is 0 Å². The van der Waals surface area contributed by atoms with Crippen molar-refractivity contribution in [1.29, 1.82) is 0 Å². The van der Waals surface area contributed by atoms with Crippen molar-refractivity contribution in [3.05, 3.63) is 97.2 Å². The summed E-state index contributed by atoms with van der Waals surface area (Å²) in [4.78, 5) is 48.4. The summed E-state index contributed by atoms with van der Waals surface area (Å²) in [7, 11) is -4.77. The predicted molar refractivity (Wildman–Crippen MR) is 297 cm³/mol. The Balaban J connectivity index is 4.84. The van der Waals surface area contributed by atoms with Gasteiger partial charge in [-0.1, -0.05) is 189 Å². The molecule has 0 aliphatic rings. The molecule has 0 spiro atoms. The van der Waals surface area contributed by atoms with Crippen molar-refractivity contribution in [3.63, 3.8) is 0 Å². The van der Waals surface area contributed by atoms with Crippen molar-refractivity contribution in [1.82, 2.24) is 0 Å². The molecule has 0 aromatic heterocycles. The van der Waals surface area contributed by atoms with Gasteiger partial charge in [-0.15, -0.1) is 0 Å². The highest BCUT2D eigenvalue weighted by molar-refractivity contribution is 7.47. The van der Waals surface area contributed by atoms with Crippen LogP contribution in [0.4, 0.5) is 0 Å². The fourth-order valence-electron chi connectivity index (χ4n) is 7.18. The van der Waals surface area contributed by atoms with Crippen molar-refractivity contribution in [2.45, 2.75) is 238 Å². The molecule has 0 radical (unpaired) electrons. The topological polar surface area (TPSA) is 155 Å². The second-order valence-electron chi connectivity index (χ2n) is 18.4. The third-order valence-electron chi connectivity index (χ3n) is 11.5. The minimum atomic E-state index is -4.77. The summed E-state index contributed by atoms with van der Waals surface area (Å²) in [6.07, 6.45) is 62.3. The van der Waals surface area contributed by atoms with Crippen LogP contribution < -0.4 is 0 Å². The fraction of sp³-hybridized carbons (Fsp3) is 0.683. The highest BCUT2D eigenvalue weighted by Crippen LogP contribution is 2.43. The lowest BCUT2D eigenvalue weighted by Gasteiger charge is -2.21. The normalized spacial score (nSPS) is 14.1. The average Bonchev–Trinajstić information content (AvgIpc) is 3.37. The first-order valence-corrected chi connectivity index (χ1v) is 29.6. The number of carbonyl (C=O) groups is 3. The quantitative estimate of drug-likeness (QED) is 0.0197. The van der Waals surface area contributed by atoms with Crippen molar-refractivity contribution in [2.75, 3.05) is 26.4 Å². The molecule has 3 unspecified atom stereocenters. The molecule has 0 aromatic carbocycles. The van der Waals surface area contributed by atoms with E-state index in [1.54, 1.807) is 0 Å². The van der Waals surface area contributed by atoms with Crippen LogP contribution in [0.15, 0.2) is 97.2 Å². The Hall–Kier alpha value is -3.60. The van der Waals surface area contributed by atoms with Gasteiger partial charge in [0, 0.05) is 19.3 Å². The van der Waals surface area contributed by atoms with E-state index in [-0.39, 0.29) is 25.9 Å². The standard InChI is InChI=1S/C60H101O11P/c1-4-7-10-13-16-19-22-25-27-28-30-33-36-39-42-45-48-51-60(64)71-57(53-67-58(62)49-46-43-40-37-34-31-24-21-18-15-12-9-6-3)55-69-72(65,66)68-54-56(52-61)70-59(63)50-47-44-41-38-35-32-29-26-23-20-17-14-11-8-5-2/h7,10,16-17,19-21,24-27,29-30,33,39,42,56-57,61H,4-6,8-9,11-15,18,22-23,28,31-32,34-38,40-41,43-55H2,1-3H3,(H,65,66)/b10-7-,19-16-,20-17-,24-21-,27-25-,29-26-,33-30-,42-39-. The summed E-state index contributed by atoms with van der Waals surface area (Å²) < 4.78 is 39.4. The maximum absolute atomic E-state index is 12.9. The number of rotatable bonds is 51. The van der Waals surface area contributed by atoms with E-state index in [9.17, 15) is 28.9 Å². The van der Waals surface area contributed by atoms with Crippen LogP contribution >= 0.6 is 7.82 Å². The van der Waals surface area contributed by atoms with Crippen LogP contribution in [0.25, 0.3) is 0 Å². The van der Waals surface area contributed by atoms with Crippen molar-refractivity contribution in [2.24, 2.45) is 0 Å². The van der Waals surface area contributed by atoms with E-state index in [0.717, 1.165) is 116 Å². The number of phosphoric acid groups is 1. The second-order valence-corrected chi connectivity index (χ2v) is 19.8. The lowest BCUT2D eigenvalue weighted by atomic mass is 10.1. The average molecular weight is 1030 g/mol. The SMILES string of the molecule is CC/C=C\C/C=C\C/C=C\C/C=C\C/C=C\CCCC(=O)OC(COC(=O)CCCCCCC/C=C\CCCCCC)COP(=O)(O)OCC(CO)OC(=O)CCCCCCC/C=C\C/C=C\CCCCC. The monoisotopic (exact) mass is 1030 g/mol. The zero-order valence-corrected chi connectivity index (χ0v) is 46.3. The Labute approximate surface area is 438 Å². The molecule has 0 bridgehead atoms. The van der Waals surface area contributed by atoms with Gasteiger partial charge in [0.2, 0.25) is 0 Å². The van der Waals surface area contributed by atoms with E-state index < -0.39 is 57.8 Å². The minimum Gasteiger partial charge on any atom is -0.462 e. The number of carbonyl (C=O) groups excluding carboxylic acids is 3. The van der Waals surface area contributed by atoms with Crippen molar-refractivity contribution < 1.29 is 52.2 Å². The lowest BCUT2D eigenvalue weighted by molar-refractivity contribution is -0.161. The van der Waals surface area contributed by atoms with Crippen LogP contribution in [0.1, 0.15) is 226 Å². The van der Waals surface area contributed by atoms with Crippen LogP contribution in [0, 0.1) is 0 Å². The highest BCUT2D eigenvalue weighted by atomic mass is 31.2. The first kappa shape index (κ1) is 68.4. The maximum Gasteiger partial charge on any atom is 0.472 e. The number of hydrogen-bond acceptors (Lipinski definition) is 10. The van der Waals surface area contributed by atoms with Crippen LogP contribution in [0.3, 0.4) is 0 Å². The molecule has 0 aliphatic carbocycles. The van der Waals surface area contributed by atoms with E-state index in [1.165, 1.54) is 44.9 Å². The summed E-state index contributed by atoms with van der Waals surface area (Å²) in [5.41, 5.74) is 0. The maximum atomic E-state index is 12.9. The van der Waals surface area contributed by atoms with Crippen molar-refractivity contribution >= 4 is 25.7 Å². The van der Waals surface area contributed by atoms with Gasteiger partial charge in [0.05, 0.1) is 19.8 Å². The van der Waals surface area contributed by atoms with Crippen LogP contribution in [0.5, 0.6) is 0 Å². The zero-order chi connectivity index (χ0) is 52.7. The lowest BCUT2D eigenvalue weighted by Crippen LogP contribution is -2.30. The third kappa shape index (κ3) is 51.3. The van der Waals surface area contributed by atoms with Crippen LogP contribution in [-0.2, 0) is 42.2 Å². The van der Waals surface area contributed by atoms with Gasteiger partial charge in [-0.25, -0.2) is 4.57 Å². The number of ether oxygens (including phenoxy) is 3. The molecule has 12 heteroatoms. The first-order chi connectivity index (χ1) is 35.2. The molecule has 0 fully saturated rings. The van der Waals surface area contributed by atoms with E-state index >= 15 is 0 Å². The van der Waals surface area contributed by atoms with Gasteiger partial charge in [0.1, 0.15) is 12.7 Å². The number of unbranched alkanes of at least 4 members (excludes halogenated alkanes) is 18. The summed E-state index contributed by atoms with van der Waals surface area (Å²) in [6, 6.07) is 0. The Bertz CT molecular complexity index is 1580. The Kier molecular flexibility index (Phi) is 51.0. The molecular formula is C60H101O11P. The Morgan fingerprint density at radius 2 is 0.736 bits per heavy atom. The van der Waals surface area contributed by atoms with E-state index in [2.05, 4.69) is 106 Å². The number of allylic oxidation sites excluding steroid dienone is 16. The van der Waals surface area contributed by atoms with Gasteiger partial charge in [0.25, 0.3) is 0 Å². The molecule has 412 valence electrons. The minimum absolute atomic E-state index is 0.0828. The molecule has 3 atom stereocenters. The first-order valence-electron chi connectivity index (χ1n) is 28.1. The summed E-state index contributed by atoms with van der Waals surface area (Å²) in [5.74, 6) is -1.57. The second kappa shape index (κ2) is 53.7. The van der Waals surface area contributed by atoms with Crippen LogP contribution in [0.2, 0.25) is 0 Å². The van der Waals surface area contributed by atoms with E-state index in [1.807, 2.05) is 12.2 Å². The van der Waals surface area contributed by atoms with Crippen molar-refractivity contribution in [3.8, 4) is 0 Å². The molecule has 0 aliphatic heterocycles. The van der Waals surface area contributed by atoms with Gasteiger partial charge < -0.3 is 24.2 Å². The van der Waals surface area contributed by atoms with Gasteiger partial charge >= 0.3 is 25.7 Å². The predicted octanol–water partition coefficient (Wildman–Crippen LogP) is 16.5. The summed E-state index contributed by atoms with van der Waals surface area (Å²) in [5, 5.41) is 9.80. The number of phosphoric ester groups is 1. The molecule has 11 nitrogen and oxygen atoms in total. The molecular weight excluding hydrogens is 928 g/mol. The summed E-state index contributed by atoms with van der Waals surface area (Å²) in [6.45, 7) is 4.39. The van der Waals surface area contributed by atoms with E-state index in [0.29, 0.717) is 25.7 Å². The van der Waals surface area contributed by atoms with E-state index in [4.69, 9.17) is 23.3 Å². The molecule has 2 N–H and O–H groups in total.